The molecule has 1 saturated heterocycles. The Hall–Kier alpha value is -1.42. The summed E-state index contributed by atoms with van der Waals surface area (Å²) in [6.07, 6.45) is 2.67. The number of hydrogen-bond donors (Lipinski definition) is 2. The summed E-state index contributed by atoms with van der Waals surface area (Å²) < 4.78 is 0. The third-order valence-corrected chi connectivity index (χ3v) is 2.60. The average Bonchev–Trinajstić information content (AvgIpc) is 2.81. The topological polar surface area (TPSA) is 54.0 Å². The fraction of sp³-hybridized carbons (Fsp3) is 0.455. The van der Waals surface area contributed by atoms with Gasteiger partial charge in [-0.25, -0.2) is 0 Å². The van der Waals surface area contributed by atoms with Gasteiger partial charge in [0.2, 0.25) is 5.91 Å². The Labute approximate surface area is 89.1 Å². The second kappa shape index (κ2) is 4.89. The number of rotatable bonds is 3. The van der Waals surface area contributed by atoms with E-state index in [1.807, 2.05) is 18.2 Å². The summed E-state index contributed by atoms with van der Waals surface area (Å²) >= 11 is 0. The largest absolute Gasteiger partial charge is 0.350 e. The summed E-state index contributed by atoms with van der Waals surface area (Å²) in [5.74, 6) is 0.263. The number of nitrogens with one attached hydrogen (secondary N) is 2. The summed E-state index contributed by atoms with van der Waals surface area (Å²) in [5.41, 5.74) is 0.900. The second-order valence-electron chi connectivity index (χ2n) is 3.73. The van der Waals surface area contributed by atoms with E-state index in [0.29, 0.717) is 6.54 Å². The van der Waals surface area contributed by atoms with Crippen LogP contribution in [0.1, 0.15) is 12.1 Å². The third kappa shape index (κ3) is 2.76. The van der Waals surface area contributed by atoms with Gasteiger partial charge in [-0.05, 0) is 25.1 Å². The molecule has 4 nitrogen and oxygen atoms in total. The Morgan fingerprint density at radius 1 is 1.60 bits per heavy atom. The number of pyridine rings is 1. The fourth-order valence-electron chi connectivity index (χ4n) is 1.70. The fourth-order valence-corrected chi connectivity index (χ4v) is 1.70. The van der Waals surface area contributed by atoms with Gasteiger partial charge in [0.1, 0.15) is 0 Å². The van der Waals surface area contributed by atoms with Gasteiger partial charge in [-0.1, -0.05) is 6.07 Å². The summed E-state index contributed by atoms with van der Waals surface area (Å²) in [6.45, 7) is 2.27. The molecule has 0 bridgehead atoms. The Balaban J connectivity index is 1.80. The lowest BCUT2D eigenvalue weighted by Crippen LogP contribution is -2.31. The van der Waals surface area contributed by atoms with Gasteiger partial charge in [0.15, 0.2) is 0 Å². The van der Waals surface area contributed by atoms with Crippen molar-refractivity contribution in [3.63, 3.8) is 0 Å². The predicted molar refractivity (Wildman–Crippen MR) is 57.1 cm³/mol. The molecule has 0 spiro atoms. The first-order chi connectivity index (χ1) is 7.36. The maximum atomic E-state index is 11.6. The molecule has 1 amide bonds. The number of amides is 1. The molecule has 15 heavy (non-hydrogen) atoms. The van der Waals surface area contributed by atoms with Crippen LogP contribution in [0, 0.1) is 5.92 Å². The lowest BCUT2D eigenvalue weighted by atomic mass is 10.1. The standard InChI is InChI=1S/C11H15N3O/c15-11(9-4-6-12-7-9)14-8-10-3-1-2-5-13-10/h1-3,5,9,12H,4,6-8H2,(H,14,15). The van der Waals surface area contributed by atoms with Crippen LogP contribution in [-0.4, -0.2) is 24.0 Å². The van der Waals surface area contributed by atoms with Gasteiger partial charge in [0, 0.05) is 12.7 Å². The molecule has 2 N–H and O–H groups in total. The van der Waals surface area contributed by atoms with Crippen molar-refractivity contribution in [2.75, 3.05) is 13.1 Å². The van der Waals surface area contributed by atoms with Gasteiger partial charge in [-0.2, -0.15) is 0 Å². The van der Waals surface area contributed by atoms with Crippen LogP contribution in [-0.2, 0) is 11.3 Å². The molecule has 2 rings (SSSR count). The zero-order chi connectivity index (χ0) is 10.5. The summed E-state index contributed by atoms with van der Waals surface area (Å²) in [5, 5.41) is 6.07. The number of carbonyl (C=O) groups excluding carboxylic acids is 1. The molecule has 2 heterocycles. The smallest absolute Gasteiger partial charge is 0.224 e. The van der Waals surface area contributed by atoms with E-state index in [1.165, 1.54) is 0 Å². The van der Waals surface area contributed by atoms with E-state index < -0.39 is 0 Å². The first kappa shape index (κ1) is 10.1. The summed E-state index contributed by atoms with van der Waals surface area (Å²) in [6, 6.07) is 5.70. The van der Waals surface area contributed by atoms with Gasteiger partial charge in [0.05, 0.1) is 18.2 Å². The van der Waals surface area contributed by atoms with E-state index in [4.69, 9.17) is 0 Å². The molecule has 4 heteroatoms. The quantitative estimate of drug-likeness (QED) is 0.746. The molecule has 1 aromatic heterocycles. The molecule has 0 radical (unpaired) electrons. The minimum absolute atomic E-state index is 0.130. The molecule has 1 aliphatic rings. The normalized spacial score (nSPS) is 20.1. The van der Waals surface area contributed by atoms with Gasteiger partial charge < -0.3 is 10.6 Å². The van der Waals surface area contributed by atoms with Crippen LogP contribution in [0.4, 0.5) is 0 Å². The Morgan fingerprint density at radius 3 is 3.20 bits per heavy atom. The highest BCUT2D eigenvalue weighted by Gasteiger charge is 2.21. The van der Waals surface area contributed by atoms with Crippen molar-refractivity contribution in [2.45, 2.75) is 13.0 Å². The SMILES string of the molecule is O=C(NCc1ccccn1)C1CCNC1. The number of nitrogens with zero attached hydrogens (tertiary/aromatic N) is 1. The maximum Gasteiger partial charge on any atom is 0.224 e. The lowest BCUT2D eigenvalue weighted by Gasteiger charge is -2.08. The van der Waals surface area contributed by atoms with Crippen molar-refractivity contribution in [1.29, 1.82) is 0 Å². The van der Waals surface area contributed by atoms with E-state index >= 15 is 0 Å². The van der Waals surface area contributed by atoms with Crippen molar-refractivity contribution < 1.29 is 4.79 Å². The zero-order valence-electron chi connectivity index (χ0n) is 8.57. The van der Waals surface area contributed by atoms with Crippen LogP contribution < -0.4 is 10.6 Å². The molecule has 80 valence electrons. The Morgan fingerprint density at radius 2 is 2.53 bits per heavy atom. The van der Waals surface area contributed by atoms with Gasteiger partial charge in [-0.3, -0.25) is 9.78 Å². The maximum absolute atomic E-state index is 11.6. The highest BCUT2D eigenvalue weighted by Crippen LogP contribution is 2.07. The second-order valence-corrected chi connectivity index (χ2v) is 3.73. The van der Waals surface area contributed by atoms with Crippen molar-refractivity contribution in [3.05, 3.63) is 30.1 Å². The molecule has 0 aliphatic carbocycles. The molecule has 1 fully saturated rings. The molecule has 0 aromatic carbocycles. The molecule has 1 unspecified atom stereocenters. The monoisotopic (exact) mass is 205 g/mol. The molecule has 1 aliphatic heterocycles. The molecular weight excluding hydrogens is 190 g/mol. The van der Waals surface area contributed by atoms with Crippen LogP contribution >= 0.6 is 0 Å². The summed E-state index contributed by atoms with van der Waals surface area (Å²) in [4.78, 5) is 15.8. The molecular formula is C11H15N3O. The first-order valence-corrected chi connectivity index (χ1v) is 5.24. The highest BCUT2D eigenvalue weighted by atomic mass is 16.1. The molecule has 0 saturated carbocycles. The highest BCUT2D eigenvalue weighted by molar-refractivity contribution is 5.79. The van der Waals surface area contributed by atoms with Crippen LogP contribution in [0.5, 0.6) is 0 Å². The Bertz CT molecular complexity index is 320. The van der Waals surface area contributed by atoms with E-state index in [-0.39, 0.29) is 11.8 Å². The number of hydrogen-bond acceptors (Lipinski definition) is 3. The third-order valence-electron chi connectivity index (χ3n) is 2.60. The summed E-state index contributed by atoms with van der Waals surface area (Å²) in [7, 11) is 0. The van der Waals surface area contributed by atoms with Gasteiger partial charge in [-0.15, -0.1) is 0 Å². The van der Waals surface area contributed by atoms with Crippen molar-refractivity contribution in [1.82, 2.24) is 15.6 Å². The van der Waals surface area contributed by atoms with E-state index in [9.17, 15) is 4.79 Å². The average molecular weight is 205 g/mol. The van der Waals surface area contributed by atoms with Crippen molar-refractivity contribution in [2.24, 2.45) is 5.92 Å². The number of carbonyl (C=O) groups is 1. The minimum atomic E-state index is 0.130. The van der Waals surface area contributed by atoms with Gasteiger partial charge >= 0.3 is 0 Å². The Kier molecular flexibility index (Phi) is 3.29. The van der Waals surface area contributed by atoms with Crippen molar-refractivity contribution >= 4 is 5.91 Å². The van der Waals surface area contributed by atoms with Gasteiger partial charge in [0.25, 0.3) is 0 Å². The zero-order valence-corrected chi connectivity index (χ0v) is 8.57. The molecule has 1 aromatic rings. The van der Waals surface area contributed by atoms with E-state index in [2.05, 4.69) is 15.6 Å². The van der Waals surface area contributed by atoms with E-state index in [1.54, 1.807) is 6.20 Å². The predicted octanol–water partition coefficient (Wildman–Crippen LogP) is 0.307. The van der Waals surface area contributed by atoms with Crippen LogP contribution in [0.25, 0.3) is 0 Å². The number of aromatic nitrogens is 1. The van der Waals surface area contributed by atoms with Crippen LogP contribution in [0.15, 0.2) is 24.4 Å². The lowest BCUT2D eigenvalue weighted by molar-refractivity contribution is -0.124. The van der Waals surface area contributed by atoms with Crippen molar-refractivity contribution in [3.8, 4) is 0 Å². The van der Waals surface area contributed by atoms with Crippen LogP contribution in [0.3, 0.4) is 0 Å². The van der Waals surface area contributed by atoms with Crippen LogP contribution in [0.2, 0.25) is 0 Å². The minimum Gasteiger partial charge on any atom is -0.350 e. The first-order valence-electron chi connectivity index (χ1n) is 5.24. The van der Waals surface area contributed by atoms with E-state index in [0.717, 1.165) is 25.2 Å². The molecule has 1 atom stereocenters.